The van der Waals surface area contributed by atoms with Gasteiger partial charge in [0.1, 0.15) is 24.5 Å². The minimum atomic E-state index is -0.957. The smallest absolute Gasteiger partial charge is 0.324 e. The van der Waals surface area contributed by atoms with E-state index in [9.17, 15) is 14.7 Å². The number of rotatable bonds is 7. The van der Waals surface area contributed by atoms with Gasteiger partial charge in [-0.3, -0.25) is 9.69 Å². The third-order valence-corrected chi connectivity index (χ3v) is 4.39. The van der Waals surface area contributed by atoms with Crippen LogP contribution in [-0.4, -0.2) is 47.2 Å². The van der Waals surface area contributed by atoms with Gasteiger partial charge in [-0.15, -0.1) is 0 Å². The summed E-state index contributed by atoms with van der Waals surface area (Å²) in [7, 11) is 0. The van der Waals surface area contributed by atoms with Crippen molar-refractivity contribution < 1.29 is 19.4 Å². The quantitative estimate of drug-likeness (QED) is 0.747. The molecule has 3 rings (SSSR count). The van der Waals surface area contributed by atoms with Crippen molar-refractivity contribution >= 4 is 22.7 Å². The van der Waals surface area contributed by atoms with E-state index in [2.05, 4.69) is 5.32 Å². The molecule has 138 valence electrons. The number of hydrogen-bond acceptors (Lipinski definition) is 4. The van der Waals surface area contributed by atoms with Crippen molar-refractivity contribution in [2.45, 2.75) is 32.4 Å². The van der Waals surface area contributed by atoms with Crippen LogP contribution in [0.4, 0.5) is 4.79 Å². The van der Waals surface area contributed by atoms with Crippen LogP contribution in [0, 0.1) is 5.92 Å². The number of nitrogens with one attached hydrogen (secondary N) is 1. The average Bonchev–Trinajstić information content (AvgIpc) is 2.86. The van der Waals surface area contributed by atoms with Gasteiger partial charge in [-0.2, -0.15) is 0 Å². The molecular formula is C20H24N2O4. The van der Waals surface area contributed by atoms with Gasteiger partial charge in [0.2, 0.25) is 0 Å². The minimum Gasteiger partial charge on any atom is -0.490 e. The lowest BCUT2D eigenvalue weighted by Crippen LogP contribution is -2.40. The van der Waals surface area contributed by atoms with Gasteiger partial charge in [-0.05, 0) is 23.8 Å². The second-order valence-corrected chi connectivity index (χ2v) is 7.02. The minimum absolute atomic E-state index is 0.0000845. The zero-order chi connectivity index (χ0) is 18.7. The molecule has 2 atom stereocenters. The maximum atomic E-state index is 12.3. The highest BCUT2D eigenvalue weighted by Crippen LogP contribution is 2.25. The molecule has 0 bridgehead atoms. The van der Waals surface area contributed by atoms with E-state index in [0.717, 1.165) is 15.7 Å². The third kappa shape index (κ3) is 3.96. The monoisotopic (exact) mass is 356 g/mol. The summed E-state index contributed by atoms with van der Waals surface area (Å²) in [6, 6.07) is 12.6. The first-order valence-electron chi connectivity index (χ1n) is 8.86. The predicted molar refractivity (Wildman–Crippen MR) is 98.9 cm³/mol. The standard InChI is InChI=1S/C20H24N2O4/c1-13(2)10-17-19(24)22(20(25)21-17)11-15(23)12-26-18-9-5-7-14-6-3-4-8-16(14)18/h3-9,13,15,17,23H,10-12H2,1-2H3,(H,21,25)/t15-,17-/m1/s1. The van der Waals surface area contributed by atoms with Crippen molar-refractivity contribution in [3.63, 3.8) is 0 Å². The number of carbonyl (C=O) groups is 2. The Bertz CT molecular complexity index is 800. The van der Waals surface area contributed by atoms with Gasteiger partial charge in [0, 0.05) is 5.39 Å². The number of aliphatic hydroxyl groups is 1. The highest BCUT2D eigenvalue weighted by atomic mass is 16.5. The molecule has 1 aliphatic heterocycles. The lowest BCUT2D eigenvalue weighted by Gasteiger charge is -2.19. The maximum Gasteiger partial charge on any atom is 0.324 e. The summed E-state index contributed by atoms with van der Waals surface area (Å²) in [6.45, 7) is 3.91. The van der Waals surface area contributed by atoms with Gasteiger partial charge < -0.3 is 15.2 Å². The number of amides is 3. The van der Waals surface area contributed by atoms with Crippen LogP contribution in [0.2, 0.25) is 0 Å². The van der Waals surface area contributed by atoms with E-state index in [1.54, 1.807) is 0 Å². The molecule has 0 spiro atoms. The normalized spacial score (nSPS) is 18.5. The third-order valence-electron chi connectivity index (χ3n) is 4.39. The summed E-state index contributed by atoms with van der Waals surface area (Å²) in [5.74, 6) is 0.675. The number of β-amino-alcohol motifs (C(OH)–C–C–N with tert-alkyl or cyclic N) is 1. The van der Waals surface area contributed by atoms with E-state index in [1.807, 2.05) is 56.3 Å². The summed E-state index contributed by atoms with van der Waals surface area (Å²) in [6.07, 6.45) is -0.370. The number of imide groups is 1. The van der Waals surface area contributed by atoms with E-state index >= 15 is 0 Å². The van der Waals surface area contributed by atoms with Crippen LogP contribution in [0.1, 0.15) is 20.3 Å². The van der Waals surface area contributed by atoms with Gasteiger partial charge in [-0.25, -0.2) is 4.79 Å². The number of urea groups is 1. The fourth-order valence-electron chi connectivity index (χ4n) is 3.15. The van der Waals surface area contributed by atoms with Crippen LogP contribution in [-0.2, 0) is 4.79 Å². The van der Waals surface area contributed by atoms with Crippen LogP contribution in [0.3, 0.4) is 0 Å². The molecule has 2 aromatic rings. The molecule has 6 heteroatoms. The molecular weight excluding hydrogens is 332 g/mol. The number of aliphatic hydroxyl groups excluding tert-OH is 1. The van der Waals surface area contributed by atoms with Crippen LogP contribution < -0.4 is 10.1 Å². The second-order valence-electron chi connectivity index (χ2n) is 7.02. The summed E-state index contributed by atoms with van der Waals surface area (Å²) in [5.41, 5.74) is 0. The largest absolute Gasteiger partial charge is 0.490 e. The zero-order valence-electron chi connectivity index (χ0n) is 15.0. The number of carbonyl (C=O) groups excluding carboxylic acids is 2. The van der Waals surface area contributed by atoms with Gasteiger partial charge in [-0.1, -0.05) is 50.2 Å². The van der Waals surface area contributed by atoms with Crippen molar-refractivity contribution in [3.05, 3.63) is 42.5 Å². The summed E-state index contributed by atoms with van der Waals surface area (Å²) in [5, 5.41) is 14.9. The Kier molecular flexibility index (Phi) is 5.42. The molecule has 26 heavy (non-hydrogen) atoms. The van der Waals surface area contributed by atoms with Gasteiger partial charge in [0.25, 0.3) is 5.91 Å². The van der Waals surface area contributed by atoms with E-state index in [-0.39, 0.29) is 19.1 Å². The summed E-state index contributed by atoms with van der Waals surface area (Å²) in [4.78, 5) is 25.4. The first-order valence-corrected chi connectivity index (χ1v) is 8.86. The lowest BCUT2D eigenvalue weighted by molar-refractivity contribution is -0.128. The Morgan fingerprint density at radius 3 is 2.65 bits per heavy atom. The Morgan fingerprint density at radius 1 is 1.15 bits per heavy atom. The van der Waals surface area contributed by atoms with E-state index in [4.69, 9.17) is 4.74 Å². The molecule has 3 amide bonds. The number of fused-ring (bicyclic) bond motifs is 1. The van der Waals surface area contributed by atoms with E-state index < -0.39 is 18.2 Å². The summed E-state index contributed by atoms with van der Waals surface area (Å²) >= 11 is 0. The Labute approximate surface area is 152 Å². The fraction of sp³-hybridized carbons (Fsp3) is 0.400. The first-order chi connectivity index (χ1) is 12.5. The van der Waals surface area contributed by atoms with Crippen molar-refractivity contribution in [2.75, 3.05) is 13.2 Å². The first kappa shape index (κ1) is 18.2. The highest BCUT2D eigenvalue weighted by molar-refractivity contribution is 6.04. The molecule has 2 aromatic carbocycles. The number of benzene rings is 2. The van der Waals surface area contributed by atoms with Crippen LogP contribution in [0.25, 0.3) is 10.8 Å². The topological polar surface area (TPSA) is 78.9 Å². The van der Waals surface area contributed by atoms with Crippen molar-refractivity contribution in [3.8, 4) is 5.75 Å². The lowest BCUT2D eigenvalue weighted by atomic mass is 10.0. The summed E-state index contributed by atoms with van der Waals surface area (Å²) < 4.78 is 5.73. The molecule has 1 saturated heterocycles. The highest BCUT2D eigenvalue weighted by Gasteiger charge is 2.38. The molecule has 6 nitrogen and oxygen atoms in total. The number of hydrogen-bond donors (Lipinski definition) is 2. The molecule has 2 N–H and O–H groups in total. The van der Waals surface area contributed by atoms with Gasteiger partial charge in [0.15, 0.2) is 0 Å². The predicted octanol–water partition coefficient (Wildman–Crippen LogP) is 2.55. The fourth-order valence-corrected chi connectivity index (χ4v) is 3.15. The molecule has 0 aromatic heterocycles. The number of nitrogens with zero attached hydrogens (tertiary/aromatic N) is 1. The molecule has 0 radical (unpaired) electrons. The average molecular weight is 356 g/mol. The van der Waals surface area contributed by atoms with E-state index in [1.165, 1.54) is 0 Å². The Hall–Kier alpha value is -2.60. The van der Waals surface area contributed by atoms with Crippen molar-refractivity contribution in [1.29, 1.82) is 0 Å². The second kappa shape index (κ2) is 7.74. The van der Waals surface area contributed by atoms with Gasteiger partial charge in [0.05, 0.1) is 6.54 Å². The van der Waals surface area contributed by atoms with Crippen molar-refractivity contribution in [2.24, 2.45) is 5.92 Å². The molecule has 0 saturated carbocycles. The molecule has 1 aliphatic rings. The maximum absolute atomic E-state index is 12.3. The van der Waals surface area contributed by atoms with E-state index in [0.29, 0.717) is 18.1 Å². The van der Waals surface area contributed by atoms with Gasteiger partial charge >= 0.3 is 6.03 Å². The molecule has 0 unspecified atom stereocenters. The number of ether oxygens (including phenoxy) is 1. The van der Waals surface area contributed by atoms with Crippen LogP contribution >= 0.6 is 0 Å². The zero-order valence-corrected chi connectivity index (χ0v) is 15.0. The molecule has 1 heterocycles. The molecule has 1 fully saturated rings. The van der Waals surface area contributed by atoms with Crippen LogP contribution in [0.15, 0.2) is 42.5 Å². The Balaban J connectivity index is 1.59. The Morgan fingerprint density at radius 2 is 1.88 bits per heavy atom. The van der Waals surface area contributed by atoms with Crippen LogP contribution in [0.5, 0.6) is 5.75 Å². The SMILES string of the molecule is CC(C)C[C@H]1NC(=O)N(C[C@@H](O)COc2cccc3ccccc23)C1=O. The van der Waals surface area contributed by atoms with Crippen molar-refractivity contribution in [1.82, 2.24) is 10.2 Å². The molecule has 0 aliphatic carbocycles.